The Morgan fingerprint density at radius 1 is 1.07 bits per heavy atom. The first-order valence-electron chi connectivity index (χ1n) is 9.50. The molecular formula is C22H26N2O3. The van der Waals surface area contributed by atoms with Crippen LogP contribution in [0.3, 0.4) is 0 Å². The largest absolute Gasteiger partial charge is 0.494 e. The molecule has 27 heavy (non-hydrogen) atoms. The van der Waals surface area contributed by atoms with E-state index in [0.717, 1.165) is 25.9 Å². The zero-order valence-electron chi connectivity index (χ0n) is 15.9. The van der Waals surface area contributed by atoms with Gasteiger partial charge in [-0.05, 0) is 68.1 Å². The van der Waals surface area contributed by atoms with Gasteiger partial charge in [0.25, 0.3) is 11.8 Å². The molecule has 2 amide bonds. The maximum Gasteiger partial charge on any atom is 0.255 e. The fourth-order valence-electron chi connectivity index (χ4n) is 3.19. The molecule has 5 nitrogen and oxygen atoms in total. The van der Waals surface area contributed by atoms with Crippen LogP contribution in [0.5, 0.6) is 5.75 Å². The van der Waals surface area contributed by atoms with E-state index in [1.54, 1.807) is 42.5 Å². The quantitative estimate of drug-likeness (QED) is 0.862. The Hall–Kier alpha value is -2.82. The Kier molecular flexibility index (Phi) is 6.12. The minimum absolute atomic E-state index is 0.0594. The number of nitrogens with one attached hydrogen (secondary N) is 1. The van der Waals surface area contributed by atoms with Gasteiger partial charge in [0.1, 0.15) is 5.75 Å². The summed E-state index contributed by atoms with van der Waals surface area (Å²) in [6.07, 6.45) is 2.11. The van der Waals surface area contributed by atoms with E-state index in [0.29, 0.717) is 35.1 Å². The Labute approximate surface area is 160 Å². The molecule has 0 spiro atoms. The maximum atomic E-state index is 12.6. The number of benzene rings is 2. The van der Waals surface area contributed by atoms with Gasteiger partial charge >= 0.3 is 0 Å². The van der Waals surface area contributed by atoms with Crippen molar-refractivity contribution < 1.29 is 14.3 Å². The highest BCUT2D eigenvalue weighted by molar-refractivity contribution is 6.04. The van der Waals surface area contributed by atoms with Crippen molar-refractivity contribution >= 4 is 17.5 Å². The third kappa shape index (κ3) is 4.88. The number of hydrogen-bond donors (Lipinski definition) is 1. The summed E-state index contributed by atoms with van der Waals surface area (Å²) in [6, 6.07) is 14.2. The summed E-state index contributed by atoms with van der Waals surface area (Å²) in [4.78, 5) is 26.9. The SMILES string of the molecule is CCOc1cccc(C(=O)Nc2ccc(C(=O)N3CCC(C)CC3)cc2)c1. The van der Waals surface area contributed by atoms with Crippen molar-refractivity contribution in [1.82, 2.24) is 4.90 Å². The number of amides is 2. The van der Waals surface area contributed by atoms with Crippen molar-refractivity contribution in [1.29, 1.82) is 0 Å². The van der Waals surface area contributed by atoms with Crippen LogP contribution in [0.4, 0.5) is 5.69 Å². The lowest BCUT2D eigenvalue weighted by Gasteiger charge is -2.30. The lowest BCUT2D eigenvalue weighted by atomic mass is 9.98. The second-order valence-electron chi connectivity index (χ2n) is 6.97. The van der Waals surface area contributed by atoms with Crippen LogP contribution in [0.1, 0.15) is 47.4 Å². The van der Waals surface area contributed by atoms with Gasteiger partial charge in [0, 0.05) is 29.9 Å². The lowest BCUT2D eigenvalue weighted by Crippen LogP contribution is -2.37. The van der Waals surface area contributed by atoms with Crippen LogP contribution in [0.2, 0.25) is 0 Å². The molecular weight excluding hydrogens is 340 g/mol. The molecule has 2 aromatic carbocycles. The summed E-state index contributed by atoms with van der Waals surface area (Å²) in [5.41, 5.74) is 1.84. The van der Waals surface area contributed by atoms with Crippen LogP contribution in [0, 0.1) is 5.92 Å². The van der Waals surface area contributed by atoms with Crippen LogP contribution in [0.15, 0.2) is 48.5 Å². The van der Waals surface area contributed by atoms with Crippen LogP contribution >= 0.6 is 0 Å². The van der Waals surface area contributed by atoms with E-state index in [4.69, 9.17) is 4.74 Å². The van der Waals surface area contributed by atoms with Crippen LogP contribution < -0.4 is 10.1 Å². The lowest BCUT2D eigenvalue weighted by molar-refractivity contribution is 0.0697. The number of carbonyl (C=O) groups excluding carboxylic acids is 2. The van der Waals surface area contributed by atoms with Crippen LogP contribution in [-0.4, -0.2) is 36.4 Å². The second kappa shape index (κ2) is 8.71. The standard InChI is InChI=1S/C22H26N2O3/c1-3-27-20-6-4-5-18(15-20)21(25)23-19-9-7-17(8-10-19)22(26)24-13-11-16(2)12-14-24/h4-10,15-16H,3,11-14H2,1-2H3,(H,23,25). The monoisotopic (exact) mass is 366 g/mol. The zero-order chi connectivity index (χ0) is 19.2. The molecule has 1 fully saturated rings. The smallest absolute Gasteiger partial charge is 0.255 e. The molecule has 0 radical (unpaired) electrons. The van der Waals surface area contributed by atoms with E-state index < -0.39 is 0 Å². The molecule has 2 aromatic rings. The summed E-state index contributed by atoms with van der Waals surface area (Å²) < 4.78 is 5.43. The van der Waals surface area contributed by atoms with Crippen LogP contribution in [-0.2, 0) is 0 Å². The summed E-state index contributed by atoms with van der Waals surface area (Å²) in [6.45, 7) is 6.31. The summed E-state index contributed by atoms with van der Waals surface area (Å²) >= 11 is 0. The van der Waals surface area contributed by atoms with Crippen LogP contribution in [0.25, 0.3) is 0 Å². The molecule has 1 aliphatic heterocycles. The number of nitrogens with zero attached hydrogens (tertiary/aromatic N) is 1. The number of hydrogen-bond acceptors (Lipinski definition) is 3. The van der Waals surface area contributed by atoms with Gasteiger partial charge in [-0.2, -0.15) is 0 Å². The first kappa shape index (κ1) is 19.0. The Morgan fingerprint density at radius 3 is 2.44 bits per heavy atom. The number of anilines is 1. The topological polar surface area (TPSA) is 58.6 Å². The van der Waals surface area contributed by atoms with E-state index in [2.05, 4.69) is 12.2 Å². The molecule has 142 valence electrons. The minimum Gasteiger partial charge on any atom is -0.494 e. The van der Waals surface area contributed by atoms with Crippen molar-refractivity contribution in [2.24, 2.45) is 5.92 Å². The van der Waals surface area contributed by atoms with Gasteiger partial charge < -0.3 is 15.0 Å². The number of rotatable bonds is 5. The highest BCUT2D eigenvalue weighted by atomic mass is 16.5. The Morgan fingerprint density at radius 2 is 1.78 bits per heavy atom. The molecule has 0 unspecified atom stereocenters. The van der Waals surface area contributed by atoms with Crippen molar-refractivity contribution in [2.45, 2.75) is 26.7 Å². The van der Waals surface area contributed by atoms with Gasteiger partial charge in [-0.1, -0.05) is 13.0 Å². The molecule has 1 N–H and O–H groups in total. The fraction of sp³-hybridized carbons (Fsp3) is 0.364. The van der Waals surface area contributed by atoms with Gasteiger partial charge in [0.05, 0.1) is 6.61 Å². The van der Waals surface area contributed by atoms with Gasteiger partial charge in [0.15, 0.2) is 0 Å². The second-order valence-corrected chi connectivity index (χ2v) is 6.97. The third-order valence-corrected chi connectivity index (χ3v) is 4.87. The first-order chi connectivity index (χ1) is 13.1. The average Bonchev–Trinajstić information content (AvgIpc) is 2.69. The molecule has 0 atom stereocenters. The van der Waals surface area contributed by atoms with E-state index in [-0.39, 0.29) is 11.8 Å². The molecule has 0 bridgehead atoms. The van der Waals surface area contributed by atoms with Crippen molar-refractivity contribution in [3.05, 3.63) is 59.7 Å². The molecule has 1 aliphatic rings. The number of carbonyl (C=O) groups is 2. The number of likely N-dealkylation sites (tertiary alicyclic amines) is 1. The van der Waals surface area contributed by atoms with E-state index in [9.17, 15) is 9.59 Å². The summed E-state index contributed by atoms with van der Waals surface area (Å²) in [5.74, 6) is 1.21. The van der Waals surface area contributed by atoms with Gasteiger partial charge in [-0.3, -0.25) is 9.59 Å². The van der Waals surface area contributed by atoms with Gasteiger partial charge in [0.2, 0.25) is 0 Å². The molecule has 0 aromatic heterocycles. The molecule has 1 saturated heterocycles. The summed E-state index contributed by atoms with van der Waals surface area (Å²) in [5, 5.41) is 2.86. The fourth-order valence-corrected chi connectivity index (χ4v) is 3.19. The molecule has 0 aliphatic carbocycles. The number of piperidine rings is 1. The highest BCUT2D eigenvalue weighted by Crippen LogP contribution is 2.20. The predicted molar refractivity (Wildman–Crippen MR) is 106 cm³/mol. The highest BCUT2D eigenvalue weighted by Gasteiger charge is 2.21. The summed E-state index contributed by atoms with van der Waals surface area (Å²) in [7, 11) is 0. The zero-order valence-corrected chi connectivity index (χ0v) is 15.9. The maximum absolute atomic E-state index is 12.6. The first-order valence-corrected chi connectivity index (χ1v) is 9.50. The third-order valence-electron chi connectivity index (χ3n) is 4.87. The molecule has 3 rings (SSSR count). The molecule has 0 saturated carbocycles. The average molecular weight is 366 g/mol. The van der Waals surface area contributed by atoms with Crippen molar-refractivity contribution in [3.8, 4) is 5.75 Å². The van der Waals surface area contributed by atoms with Gasteiger partial charge in [-0.25, -0.2) is 0 Å². The van der Waals surface area contributed by atoms with E-state index >= 15 is 0 Å². The minimum atomic E-state index is -0.208. The Balaban J connectivity index is 1.62. The van der Waals surface area contributed by atoms with Crippen molar-refractivity contribution in [2.75, 3.05) is 25.0 Å². The van der Waals surface area contributed by atoms with E-state index in [1.807, 2.05) is 17.9 Å². The van der Waals surface area contributed by atoms with Crippen molar-refractivity contribution in [3.63, 3.8) is 0 Å². The normalized spacial score (nSPS) is 14.7. The predicted octanol–water partition coefficient (Wildman–Crippen LogP) is 4.21. The molecule has 1 heterocycles. The van der Waals surface area contributed by atoms with E-state index in [1.165, 1.54) is 0 Å². The number of ether oxygens (including phenoxy) is 1. The van der Waals surface area contributed by atoms with Gasteiger partial charge in [-0.15, -0.1) is 0 Å². The Bertz CT molecular complexity index is 793. The molecule has 5 heteroatoms.